The average molecular weight is 337 g/mol. The molecule has 0 aliphatic rings. The summed E-state index contributed by atoms with van der Waals surface area (Å²) in [6, 6.07) is 5.12. The molecular weight excluding hydrogens is 324 g/mol. The Morgan fingerprint density at radius 1 is 1.25 bits per heavy atom. The molecule has 1 heterocycles. The van der Waals surface area contributed by atoms with Crippen LogP contribution in [0.1, 0.15) is 16.7 Å². The predicted molar refractivity (Wildman–Crippen MR) is 78.8 cm³/mol. The molecule has 20 heavy (non-hydrogen) atoms. The van der Waals surface area contributed by atoms with Gasteiger partial charge in [0.25, 0.3) is 5.69 Å². The summed E-state index contributed by atoms with van der Waals surface area (Å²) in [5.74, 6) is 0.516. The van der Waals surface area contributed by atoms with E-state index in [2.05, 4.69) is 20.9 Å². The van der Waals surface area contributed by atoms with Crippen LogP contribution in [-0.4, -0.2) is 9.91 Å². The largest absolute Gasteiger partial charge is 0.488 e. The van der Waals surface area contributed by atoms with Gasteiger partial charge in [-0.25, -0.2) is 0 Å². The zero-order chi connectivity index (χ0) is 14.7. The van der Waals surface area contributed by atoms with Crippen molar-refractivity contribution in [2.45, 2.75) is 20.5 Å². The lowest BCUT2D eigenvalue weighted by molar-refractivity contribution is -0.385. The normalized spacial score (nSPS) is 10.3. The Labute approximate surface area is 124 Å². The first-order valence-corrected chi connectivity index (χ1v) is 6.74. The van der Waals surface area contributed by atoms with Crippen LogP contribution in [-0.2, 0) is 6.61 Å². The van der Waals surface area contributed by atoms with Crippen LogP contribution in [0.3, 0.4) is 0 Å². The van der Waals surface area contributed by atoms with E-state index in [9.17, 15) is 10.1 Å². The molecule has 0 fully saturated rings. The second-order valence-corrected chi connectivity index (χ2v) is 5.38. The van der Waals surface area contributed by atoms with Crippen molar-refractivity contribution in [1.29, 1.82) is 0 Å². The van der Waals surface area contributed by atoms with Crippen molar-refractivity contribution in [1.82, 2.24) is 4.98 Å². The van der Waals surface area contributed by atoms with E-state index < -0.39 is 4.92 Å². The highest BCUT2D eigenvalue weighted by molar-refractivity contribution is 9.10. The van der Waals surface area contributed by atoms with E-state index in [1.54, 1.807) is 25.4 Å². The highest BCUT2D eigenvalue weighted by Gasteiger charge is 2.14. The summed E-state index contributed by atoms with van der Waals surface area (Å²) in [6.45, 7) is 3.89. The molecule has 0 radical (unpaired) electrons. The fraction of sp³-hybridized carbons (Fsp3) is 0.214. The molecule has 0 N–H and O–H groups in total. The lowest BCUT2D eigenvalue weighted by Crippen LogP contribution is -2.00. The van der Waals surface area contributed by atoms with Crippen molar-refractivity contribution in [3.8, 4) is 5.75 Å². The van der Waals surface area contributed by atoms with E-state index in [0.29, 0.717) is 17.9 Å². The fourth-order valence-electron chi connectivity index (χ4n) is 1.87. The van der Waals surface area contributed by atoms with Crippen LogP contribution in [0, 0.1) is 24.0 Å². The van der Waals surface area contributed by atoms with E-state index in [1.807, 2.05) is 13.0 Å². The summed E-state index contributed by atoms with van der Waals surface area (Å²) < 4.78 is 6.52. The standard InChI is InChI=1S/C14H13BrN2O3/c1-9-3-10(2)14(5-13(9)17(18)19)20-8-11-4-12(15)7-16-6-11/h3-7H,8H2,1-2H3. The summed E-state index contributed by atoms with van der Waals surface area (Å²) in [6.07, 6.45) is 3.38. The number of nitro groups is 1. The summed E-state index contributed by atoms with van der Waals surface area (Å²) >= 11 is 3.34. The number of rotatable bonds is 4. The van der Waals surface area contributed by atoms with Crippen molar-refractivity contribution in [2.24, 2.45) is 0 Å². The molecule has 2 rings (SSSR count). The Bertz CT molecular complexity index is 659. The third-order valence-electron chi connectivity index (χ3n) is 2.85. The molecule has 0 aliphatic heterocycles. The molecule has 0 spiro atoms. The van der Waals surface area contributed by atoms with Crippen LogP contribution in [0.4, 0.5) is 5.69 Å². The molecule has 0 atom stereocenters. The molecule has 104 valence electrons. The lowest BCUT2D eigenvalue weighted by Gasteiger charge is -2.10. The van der Waals surface area contributed by atoms with Gasteiger partial charge in [-0.2, -0.15) is 0 Å². The van der Waals surface area contributed by atoms with Crippen molar-refractivity contribution in [3.05, 3.63) is 61.9 Å². The minimum atomic E-state index is -0.401. The first kappa shape index (κ1) is 14.5. The molecule has 6 heteroatoms. The number of nitrogens with zero attached hydrogens (tertiary/aromatic N) is 2. The summed E-state index contributed by atoms with van der Waals surface area (Å²) in [4.78, 5) is 14.6. The molecule has 0 saturated carbocycles. The summed E-state index contributed by atoms with van der Waals surface area (Å²) in [5.41, 5.74) is 2.46. The van der Waals surface area contributed by atoms with Gasteiger partial charge in [0.05, 0.1) is 11.0 Å². The van der Waals surface area contributed by atoms with Crippen molar-refractivity contribution in [2.75, 3.05) is 0 Å². The highest BCUT2D eigenvalue weighted by atomic mass is 79.9. The quantitative estimate of drug-likeness (QED) is 0.626. The Morgan fingerprint density at radius 3 is 2.65 bits per heavy atom. The molecule has 0 saturated heterocycles. The maximum absolute atomic E-state index is 10.9. The molecule has 0 amide bonds. The van der Waals surface area contributed by atoms with E-state index in [-0.39, 0.29) is 5.69 Å². The second kappa shape index (κ2) is 6.00. The number of pyridine rings is 1. The van der Waals surface area contributed by atoms with E-state index in [0.717, 1.165) is 15.6 Å². The van der Waals surface area contributed by atoms with E-state index >= 15 is 0 Å². The SMILES string of the molecule is Cc1cc(C)c([N+](=O)[O-])cc1OCc1cncc(Br)c1. The van der Waals surface area contributed by atoms with Crippen LogP contribution in [0.2, 0.25) is 0 Å². The monoisotopic (exact) mass is 336 g/mol. The fourth-order valence-corrected chi connectivity index (χ4v) is 2.28. The maximum Gasteiger partial charge on any atom is 0.276 e. The molecule has 1 aromatic carbocycles. The topological polar surface area (TPSA) is 65.3 Å². The number of nitro benzene ring substituents is 1. The van der Waals surface area contributed by atoms with Gasteiger partial charge in [-0.15, -0.1) is 0 Å². The van der Waals surface area contributed by atoms with Crippen LogP contribution < -0.4 is 4.74 Å². The third kappa shape index (κ3) is 3.33. The zero-order valence-electron chi connectivity index (χ0n) is 11.1. The average Bonchev–Trinajstić information content (AvgIpc) is 2.37. The van der Waals surface area contributed by atoms with Crippen LogP contribution in [0.25, 0.3) is 0 Å². The first-order valence-electron chi connectivity index (χ1n) is 5.95. The Morgan fingerprint density at radius 2 is 2.00 bits per heavy atom. The smallest absolute Gasteiger partial charge is 0.276 e. The molecule has 0 unspecified atom stereocenters. The van der Waals surface area contributed by atoms with Crippen LogP contribution in [0.15, 0.2) is 35.1 Å². The number of hydrogen-bond donors (Lipinski definition) is 0. The molecular formula is C14H13BrN2O3. The minimum absolute atomic E-state index is 0.0676. The number of hydrogen-bond acceptors (Lipinski definition) is 4. The van der Waals surface area contributed by atoms with Gasteiger partial charge in [0.2, 0.25) is 0 Å². The Hall–Kier alpha value is -1.95. The molecule has 0 aliphatic carbocycles. The molecule has 0 bridgehead atoms. The van der Waals surface area contributed by atoms with E-state index in [4.69, 9.17) is 4.74 Å². The van der Waals surface area contributed by atoms with Gasteiger partial charge in [0.15, 0.2) is 0 Å². The molecule has 5 nitrogen and oxygen atoms in total. The Kier molecular flexibility index (Phi) is 4.34. The number of halogens is 1. The van der Waals surface area contributed by atoms with Crippen LogP contribution >= 0.6 is 15.9 Å². The molecule has 2 aromatic rings. The third-order valence-corrected chi connectivity index (χ3v) is 3.28. The van der Waals surface area contributed by atoms with Gasteiger partial charge in [0, 0.05) is 28.0 Å². The van der Waals surface area contributed by atoms with Gasteiger partial charge in [0.1, 0.15) is 12.4 Å². The summed E-state index contributed by atoms with van der Waals surface area (Å²) in [7, 11) is 0. The Balaban J connectivity index is 2.21. The van der Waals surface area contributed by atoms with Gasteiger partial charge in [-0.3, -0.25) is 15.1 Å². The van der Waals surface area contributed by atoms with Crippen LogP contribution in [0.5, 0.6) is 5.75 Å². The van der Waals surface area contributed by atoms with E-state index in [1.165, 1.54) is 6.07 Å². The number of benzene rings is 1. The van der Waals surface area contributed by atoms with Crippen molar-refractivity contribution < 1.29 is 9.66 Å². The highest BCUT2D eigenvalue weighted by Crippen LogP contribution is 2.28. The maximum atomic E-state index is 10.9. The van der Waals surface area contributed by atoms with Gasteiger partial charge in [-0.1, -0.05) is 0 Å². The number of aryl methyl sites for hydroxylation is 2. The lowest BCUT2D eigenvalue weighted by atomic mass is 10.1. The van der Waals surface area contributed by atoms with Crippen molar-refractivity contribution in [3.63, 3.8) is 0 Å². The second-order valence-electron chi connectivity index (χ2n) is 4.46. The van der Waals surface area contributed by atoms with Gasteiger partial charge in [-0.05, 0) is 47.5 Å². The summed E-state index contributed by atoms with van der Waals surface area (Å²) in [5, 5.41) is 10.9. The molecule has 1 aromatic heterocycles. The first-order chi connectivity index (χ1) is 9.47. The number of aromatic nitrogens is 1. The van der Waals surface area contributed by atoms with Gasteiger partial charge >= 0.3 is 0 Å². The zero-order valence-corrected chi connectivity index (χ0v) is 12.7. The van der Waals surface area contributed by atoms with Gasteiger partial charge < -0.3 is 4.74 Å². The predicted octanol–water partition coefficient (Wildman–Crippen LogP) is 3.95. The number of ether oxygens (including phenoxy) is 1. The minimum Gasteiger partial charge on any atom is -0.488 e. The van der Waals surface area contributed by atoms with Crippen molar-refractivity contribution >= 4 is 21.6 Å².